The predicted molar refractivity (Wildman–Crippen MR) is 108 cm³/mol. The highest BCUT2D eigenvalue weighted by Gasteiger charge is 2.38. The van der Waals surface area contributed by atoms with E-state index >= 15 is 0 Å². The first-order chi connectivity index (χ1) is 14.0. The molecule has 2 aromatic rings. The molecular weight excluding hydrogens is 370 g/mol. The van der Waals surface area contributed by atoms with Crippen molar-refractivity contribution >= 4 is 11.9 Å². The summed E-state index contributed by atoms with van der Waals surface area (Å²) in [5.74, 6) is -0.565. The van der Waals surface area contributed by atoms with Gasteiger partial charge in [-0.3, -0.25) is 9.36 Å². The second-order valence-corrected chi connectivity index (χ2v) is 6.78. The van der Waals surface area contributed by atoms with Gasteiger partial charge in [0.2, 0.25) is 0 Å². The Labute approximate surface area is 170 Å². The maximum Gasteiger partial charge on any atom is 0.336 e. The fourth-order valence-corrected chi connectivity index (χ4v) is 3.62. The molecule has 0 spiro atoms. The van der Waals surface area contributed by atoms with E-state index in [4.69, 9.17) is 9.47 Å². The van der Waals surface area contributed by atoms with Crippen molar-refractivity contribution in [2.24, 2.45) is 0 Å². The van der Waals surface area contributed by atoms with E-state index in [0.29, 0.717) is 29.0 Å². The number of allylic oxidation sites excluding steroid dienone is 3. The van der Waals surface area contributed by atoms with Crippen molar-refractivity contribution in [2.45, 2.75) is 32.6 Å². The van der Waals surface area contributed by atoms with Crippen molar-refractivity contribution in [1.82, 2.24) is 14.9 Å². The minimum Gasteiger partial charge on any atom is -0.497 e. The molecule has 0 radical (unpaired) electrons. The van der Waals surface area contributed by atoms with Gasteiger partial charge in [0.05, 0.1) is 25.7 Å². The lowest BCUT2D eigenvalue weighted by atomic mass is 9.79. The number of benzene rings is 1. The van der Waals surface area contributed by atoms with Gasteiger partial charge in [0, 0.05) is 29.4 Å². The molecule has 0 amide bonds. The molecule has 0 saturated heterocycles. The first-order valence-corrected chi connectivity index (χ1v) is 9.47. The van der Waals surface area contributed by atoms with Crippen LogP contribution in [0.2, 0.25) is 0 Å². The Morgan fingerprint density at radius 2 is 1.90 bits per heavy atom. The number of nitrogens with one attached hydrogen (secondary N) is 1. The normalized spacial score (nSPS) is 16.5. The maximum atomic E-state index is 13.4. The van der Waals surface area contributed by atoms with E-state index in [-0.39, 0.29) is 5.91 Å². The minimum atomic E-state index is -0.564. The summed E-state index contributed by atoms with van der Waals surface area (Å²) in [5, 5.41) is 3.28. The van der Waals surface area contributed by atoms with Gasteiger partial charge in [-0.1, -0.05) is 25.5 Å². The smallest absolute Gasteiger partial charge is 0.336 e. The summed E-state index contributed by atoms with van der Waals surface area (Å²) in [6, 6.07) is 7.38. The molecule has 1 atom stereocenters. The fourth-order valence-electron chi connectivity index (χ4n) is 3.62. The van der Waals surface area contributed by atoms with Crippen LogP contribution in [0.3, 0.4) is 0 Å². The molecule has 0 saturated carbocycles. The largest absolute Gasteiger partial charge is 0.497 e. The van der Waals surface area contributed by atoms with Gasteiger partial charge in [-0.2, -0.15) is 0 Å². The Morgan fingerprint density at radius 3 is 2.45 bits per heavy atom. The van der Waals surface area contributed by atoms with E-state index in [1.807, 2.05) is 38.1 Å². The molecule has 1 aliphatic rings. The van der Waals surface area contributed by atoms with Gasteiger partial charge < -0.3 is 14.8 Å². The highest BCUT2D eigenvalue weighted by atomic mass is 16.5. The molecule has 0 aliphatic carbocycles. The van der Waals surface area contributed by atoms with Gasteiger partial charge >= 0.3 is 5.97 Å². The SMILES string of the molecule is CCCC1=C(C(=O)n2ccnc2)C(c2ccc(OC)cc2)C(C(=O)OC)=C(C)N1. The van der Waals surface area contributed by atoms with E-state index in [2.05, 4.69) is 10.3 Å². The molecular formula is C22H25N3O4. The zero-order valence-corrected chi connectivity index (χ0v) is 17.1. The molecule has 1 aliphatic heterocycles. The summed E-state index contributed by atoms with van der Waals surface area (Å²) in [4.78, 5) is 30.1. The van der Waals surface area contributed by atoms with Crippen LogP contribution in [0.1, 0.15) is 43.0 Å². The Kier molecular flexibility index (Phi) is 6.16. The summed E-state index contributed by atoms with van der Waals surface area (Å²) in [7, 11) is 2.94. The van der Waals surface area contributed by atoms with Crippen LogP contribution in [-0.4, -0.2) is 35.6 Å². The highest BCUT2D eigenvalue weighted by molar-refractivity contribution is 6.03. The van der Waals surface area contributed by atoms with E-state index < -0.39 is 11.9 Å². The molecule has 7 nitrogen and oxygen atoms in total. The van der Waals surface area contributed by atoms with Crippen molar-refractivity contribution in [3.05, 3.63) is 71.1 Å². The lowest BCUT2D eigenvalue weighted by Gasteiger charge is -2.32. The Bertz CT molecular complexity index is 956. The van der Waals surface area contributed by atoms with Gasteiger partial charge in [-0.05, 0) is 31.0 Å². The quantitative estimate of drug-likeness (QED) is 0.755. The standard InChI is InChI=1S/C22H25N3O4/c1-5-6-17-20(21(26)25-12-11-23-13-25)19(15-7-9-16(28-3)10-8-15)18(14(2)24-17)22(27)29-4/h7-13,19,24H,5-6H2,1-4H3. The average molecular weight is 395 g/mol. The average Bonchev–Trinajstić information content (AvgIpc) is 3.27. The van der Waals surface area contributed by atoms with Crippen LogP contribution in [0.5, 0.6) is 5.75 Å². The van der Waals surface area contributed by atoms with Gasteiger partial charge in [0.1, 0.15) is 12.1 Å². The predicted octanol–water partition coefficient (Wildman–Crippen LogP) is 3.42. The van der Waals surface area contributed by atoms with Crippen molar-refractivity contribution < 1.29 is 19.1 Å². The topological polar surface area (TPSA) is 82.5 Å². The number of hydrogen-bond acceptors (Lipinski definition) is 6. The first kappa shape index (κ1) is 20.4. The second kappa shape index (κ2) is 8.77. The van der Waals surface area contributed by atoms with Crippen LogP contribution in [0.4, 0.5) is 0 Å². The number of rotatable bonds is 6. The molecule has 2 heterocycles. The number of ether oxygens (including phenoxy) is 2. The third kappa shape index (κ3) is 3.94. The van der Waals surface area contributed by atoms with Crippen LogP contribution in [0.25, 0.3) is 0 Å². The zero-order chi connectivity index (χ0) is 21.0. The van der Waals surface area contributed by atoms with E-state index in [9.17, 15) is 9.59 Å². The number of dihydropyridines is 1. The number of esters is 1. The molecule has 0 bridgehead atoms. The van der Waals surface area contributed by atoms with Crippen LogP contribution in [0, 0.1) is 0 Å². The van der Waals surface area contributed by atoms with Gasteiger partial charge in [0.25, 0.3) is 5.91 Å². The summed E-state index contributed by atoms with van der Waals surface area (Å²) in [5.41, 5.74) is 3.23. The zero-order valence-electron chi connectivity index (χ0n) is 17.1. The summed E-state index contributed by atoms with van der Waals surface area (Å²) in [6.45, 7) is 3.88. The van der Waals surface area contributed by atoms with Crippen molar-refractivity contribution in [2.75, 3.05) is 14.2 Å². The lowest BCUT2D eigenvalue weighted by molar-refractivity contribution is -0.136. The van der Waals surface area contributed by atoms with Crippen molar-refractivity contribution in [3.8, 4) is 5.75 Å². The molecule has 7 heteroatoms. The molecule has 152 valence electrons. The molecule has 29 heavy (non-hydrogen) atoms. The van der Waals surface area contributed by atoms with E-state index in [1.165, 1.54) is 18.0 Å². The summed E-state index contributed by atoms with van der Waals surface area (Å²) < 4.78 is 11.7. The van der Waals surface area contributed by atoms with Crippen molar-refractivity contribution in [3.63, 3.8) is 0 Å². The van der Waals surface area contributed by atoms with Gasteiger partial charge in [-0.25, -0.2) is 9.78 Å². The molecule has 0 fully saturated rings. The summed E-state index contributed by atoms with van der Waals surface area (Å²) >= 11 is 0. The second-order valence-electron chi connectivity index (χ2n) is 6.78. The van der Waals surface area contributed by atoms with Gasteiger partial charge in [-0.15, -0.1) is 0 Å². The molecule has 1 unspecified atom stereocenters. The molecule has 3 rings (SSSR count). The third-order valence-corrected chi connectivity index (χ3v) is 4.97. The number of aromatic nitrogens is 2. The van der Waals surface area contributed by atoms with E-state index in [1.54, 1.807) is 19.5 Å². The minimum absolute atomic E-state index is 0.229. The lowest BCUT2D eigenvalue weighted by Crippen LogP contribution is -2.33. The Hall–Kier alpha value is -3.35. The van der Waals surface area contributed by atoms with Crippen LogP contribution >= 0.6 is 0 Å². The number of carbonyl (C=O) groups is 2. The number of imidazole rings is 1. The van der Waals surface area contributed by atoms with Crippen molar-refractivity contribution in [1.29, 1.82) is 0 Å². The summed E-state index contributed by atoms with van der Waals surface area (Å²) in [6.07, 6.45) is 6.15. The molecule has 1 N–H and O–H groups in total. The Balaban J connectivity index is 2.22. The first-order valence-electron chi connectivity index (χ1n) is 9.47. The molecule has 1 aromatic carbocycles. The monoisotopic (exact) mass is 395 g/mol. The van der Waals surface area contributed by atoms with Gasteiger partial charge in [0.15, 0.2) is 0 Å². The number of carbonyl (C=O) groups excluding carboxylic acids is 2. The van der Waals surface area contributed by atoms with Crippen LogP contribution < -0.4 is 10.1 Å². The third-order valence-electron chi connectivity index (χ3n) is 4.97. The number of nitrogens with zero attached hydrogens (tertiary/aromatic N) is 2. The maximum absolute atomic E-state index is 13.4. The number of methoxy groups -OCH3 is 2. The van der Waals surface area contributed by atoms with Crippen LogP contribution in [0.15, 0.2) is 65.5 Å². The highest BCUT2D eigenvalue weighted by Crippen LogP contribution is 2.40. The van der Waals surface area contributed by atoms with Crippen LogP contribution in [-0.2, 0) is 9.53 Å². The van der Waals surface area contributed by atoms with E-state index in [0.717, 1.165) is 17.7 Å². The number of hydrogen-bond donors (Lipinski definition) is 1. The molecule has 1 aromatic heterocycles. The fraction of sp³-hybridized carbons (Fsp3) is 0.318. The Morgan fingerprint density at radius 1 is 1.17 bits per heavy atom.